The first-order valence-electron chi connectivity index (χ1n) is 6.52. The zero-order valence-electron chi connectivity index (χ0n) is 11.4. The average molecular weight is 346 g/mol. The van der Waals surface area contributed by atoms with Crippen LogP contribution in [0.25, 0.3) is 0 Å². The van der Waals surface area contributed by atoms with Gasteiger partial charge in [0.25, 0.3) is 0 Å². The summed E-state index contributed by atoms with van der Waals surface area (Å²) in [6, 6.07) is 0. The minimum Gasteiger partial charge on any atom is -0.241 e. The molecule has 0 amide bonds. The minimum atomic E-state index is 0.208. The highest BCUT2D eigenvalue weighted by molar-refractivity contribution is 14.1. The molecule has 0 saturated heterocycles. The highest BCUT2D eigenvalue weighted by Gasteiger charge is 2.28. The van der Waals surface area contributed by atoms with E-state index in [2.05, 4.69) is 60.3 Å². The molecule has 1 aromatic rings. The molecule has 0 spiro atoms. The summed E-state index contributed by atoms with van der Waals surface area (Å²) in [5.41, 5.74) is 2.55. The van der Waals surface area contributed by atoms with E-state index in [1.54, 1.807) is 6.33 Å². The second-order valence-corrected chi connectivity index (χ2v) is 6.07. The van der Waals surface area contributed by atoms with Crippen molar-refractivity contribution >= 4 is 22.6 Å². The first kappa shape index (κ1) is 14.9. The van der Waals surface area contributed by atoms with Gasteiger partial charge in [0.15, 0.2) is 0 Å². The number of hydrogen-bond acceptors (Lipinski definition) is 2. The maximum absolute atomic E-state index is 4.54. The van der Waals surface area contributed by atoms with E-state index in [1.807, 2.05) is 0 Å². The lowest BCUT2D eigenvalue weighted by Crippen LogP contribution is -2.24. The van der Waals surface area contributed by atoms with Gasteiger partial charge in [-0.2, -0.15) is 0 Å². The fraction of sp³-hybridized carbons (Fsp3) is 0.714. The van der Waals surface area contributed by atoms with Gasteiger partial charge in [0.1, 0.15) is 6.33 Å². The van der Waals surface area contributed by atoms with Gasteiger partial charge in [-0.1, -0.05) is 40.0 Å². The zero-order valence-corrected chi connectivity index (χ0v) is 13.5. The highest BCUT2D eigenvalue weighted by atomic mass is 127. The molecule has 0 fully saturated rings. The summed E-state index contributed by atoms with van der Waals surface area (Å²) in [5.74, 6) is 0. The van der Waals surface area contributed by atoms with Crippen LogP contribution in [0.1, 0.15) is 64.3 Å². The standard InChI is InChI=1S/C14H23IN2/c1-5-7-8-9-14(4,6-2)13-12(15)11(3)16-10-17-13/h10H,5-9H2,1-4H3. The third-order valence-electron chi connectivity index (χ3n) is 3.65. The van der Waals surface area contributed by atoms with Gasteiger partial charge in [-0.15, -0.1) is 0 Å². The summed E-state index contributed by atoms with van der Waals surface area (Å²) >= 11 is 2.39. The smallest absolute Gasteiger partial charge is 0.116 e. The predicted octanol–water partition coefficient (Wildman–Crippen LogP) is 4.64. The summed E-state index contributed by atoms with van der Waals surface area (Å²) in [6.07, 6.45) is 7.96. The van der Waals surface area contributed by atoms with Crippen LogP contribution >= 0.6 is 22.6 Å². The lowest BCUT2D eigenvalue weighted by Gasteiger charge is -2.29. The zero-order chi connectivity index (χ0) is 12.9. The van der Waals surface area contributed by atoms with Gasteiger partial charge >= 0.3 is 0 Å². The van der Waals surface area contributed by atoms with E-state index in [0.717, 1.165) is 12.1 Å². The second-order valence-electron chi connectivity index (χ2n) is 4.99. The quantitative estimate of drug-likeness (QED) is 0.554. The van der Waals surface area contributed by atoms with Crippen molar-refractivity contribution in [2.75, 3.05) is 0 Å². The Bertz CT molecular complexity index is 365. The molecule has 96 valence electrons. The molecule has 0 aromatic carbocycles. The van der Waals surface area contributed by atoms with E-state index in [4.69, 9.17) is 0 Å². The molecule has 17 heavy (non-hydrogen) atoms. The first-order valence-corrected chi connectivity index (χ1v) is 7.60. The second kappa shape index (κ2) is 6.66. The van der Waals surface area contributed by atoms with Crippen molar-refractivity contribution in [3.05, 3.63) is 21.3 Å². The van der Waals surface area contributed by atoms with Crippen LogP contribution in [0.3, 0.4) is 0 Å². The normalized spacial score (nSPS) is 14.6. The number of rotatable bonds is 6. The summed E-state index contributed by atoms with van der Waals surface area (Å²) in [7, 11) is 0. The molecule has 2 nitrogen and oxygen atoms in total. The summed E-state index contributed by atoms with van der Waals surface area (Å²) in [5, 5.41) is 0. The van der Waals surface area contributed by atoms with E-state index in [1.165, 1.54) is 34.9 Å². The van der Waals surface area contributed by atoms with Crippen LogP contribution in [0.2, 0.25) is 0 Å². The summed E-state index contributed by atoms with van der Waals surface area (Å²) < 4.78 is 1.24. The Kier molecular flexibility index (Phi) is 5.83. The van der Waals surface area contributed by atoms with Gasteiger partial charge in [-0.3, -0.25) is 0 Å². The van der Waals surface area contributed by atoms with Crippen LogP contribution in [0.5, 0.6) is 0 Å². The molecular formula is C14H23IN2. The van der Waals surface area contributed by atoms with Gasteiger partial charge in [-0.05, 0) is 42.4 Å². The molecular weight excluding hydrogens is 323 g/mol. The van der Waals surface area contributed by atoms with Crippen LogP contribution in [-0.2, 0) is 5.41 Å². The molecule has 0 radical (unpaired) electrons. The van der Waals surface area contributed by atoms with Crippen molar-refractivity contribution in [3.63, 3.8) is 0 Å². The number of nitrogens with zero attached hydrogens (tertiary/aromatic N) is 2. The Morgan fingerprint density at radius 2 is 1.94 bits per heavy atom. The number of aryl methyl sites for hydroxylation is 1. The van der Waals surface area contributed by atoms with Crippen LogP contribution in [0.4, 0.5) is 0 Å². The maximum Gasteiger partial charge on any atom is 0.116 e. The van der Waals surface area contributed by atoms with E-state index in [0.29, 0.717) is 0 Å². The Labute approximate surface area is 119 Å². The minimum absolute atomic E-state index is 0.208. The Morgan fingerprint density at radius 1 is 1.24 bits per heavy atom. The van der Waals surface area contributed by atoms with Crippen LogP contribution in [0, 0.1) is 10.5 Å². The highest BCUT2D eigenvalue weighted by Crippen LogP contribution is 2.34. The molecule has 1 heterocycles. The van der Waals surface area contributed by atoms with Gasteiger partial charge in [-0.25, -0.2) is 9.97 Å². The molecule has 0 bridgehead atoms. The van der Waals surface area contributed by atoms with E-state index in [9.17, 15) is 0 Å². The average Bonchev–Trinajstić information content (AvgIpc) is 2.33. The van der Waals surface area contributed by atoms with Crippen molar-refractivity contribution in [3.8, 4) is 0 Å². The van der Waals surface area contributed by atoms with Crippen molar-refractivity contribution < 1.29 is 0 Å². The van der Waals surface area contributed by atoms with Crippen molar-refractivity contribution in [2.24, 2.45) is 0 Å². The third-order valence-corrected chi connectivity index (χ3v) is 4.94. The number of halogens is 1. The molecule has 0 aliphatic carbocycles. The molecule has 0 N–H and O–H groups in total. The fourth-order valence-electron chi connectivity index (χ4n) is 2.11. The Balaban J connectivity index is 2.95. The van der Waals surface area contributed by atoms with Crippen molar-refractivity contribution in [1.29, 1.82) is 0 Å². The number of unbranched alkanes of at least 4 members (excludes halogenated alkanes) is 2. The van der Waals surface area contributed by atoms with Crippen LogP contribution < -0.4 is 0 Å². The summed E-state index contributed by atoms with van der Waals surface area (Å²) in [4.78, 5) is 8.81. The van der Waals surface area contributed by atoms with Gasteiger partial charge in [0.2, 0.25) is 0 Å². The van der Waals surface area contributed by atoms with E-state index in [-0.39, 0.29) is 5.41 Å². The van der Waals surface area contributed by atoms with Crippen LogP contribution in [0.15, 0.2) is 6.33 Å². The van der Waals surface area contributed by atoms with Crippen molar-refractivity contribution in [2.45, 2.75) is 65.2 Å². The molecule has 0 aliphatic rings. The Morgan fingerprint density at radius 3 is 2.53 bits per heavy atom. The van der Waals surface area contributed by atoms with Crippen molar-refractivity contribution in [1.82, 2.24) is 9.97 Å². The molecule has 1 atom stereocenters. The Hall–Kier alpha value is -0.190. The van der Waals surface area contributed by atoms with Gasteiger partial charge in [0.05, 0.1) is 15.0 Å². The lowest BCUT2D eigenvalue weighted by molar-refractivity contribution is 0.384. The van der Waals surface area contributed by atoms with E-state index >= 15 is 0 Å². The summed E-state index contributed by atoms with van der Waals surface area (Å²) in [6.45, 7) is 8.92. The number of aromatic nitrogens is 2. The lowest BCUT2D eigenvalue weighted by atomic mass is 9.79. The first-order chi connectivity index (χ1) is 8.05. The fourth-order valence-corrected chi connectivity index (χ4v) is 3.04. The van der Waals surface area contributed by atoms with Gasteiger partial charge in [0, 0.05) is 5.41 Å². The monoisotopic (exact) mass is 346 g/mol. The third kappa shape index (κ3) is 3.63. The largest absolute Gasteiger partial charge is 0.241 e. The van der Waals surface area contributed by atoms with E-state index < -0.39 is 0 Å². The SMILES string of the molecule is CCCCCC(C)(CC)c1ncnc(C)c1I. The van der Waals surface area contributed by atoms with Crippen LogP contribution in [-0.4, -0.2) is 9.97 Å². The maximum atomic E-state index is 4.54. The predicted molar refractivity (Wildman–Crippen MR) is 81.3 cm³/mol. The topological polar surface area (TPSA) is 25.8 Å². The molecule has 0 aliphatic heterocycles. The van der Waals surface area contributed by atoms with Gasteiger partial charge < -0.3 is 0 Å². The molecule has 1 unspecified atom stereocenters. The number of hydrogen-bond donors (Lipinski definition) is 0. The molecule has 0 saturated carbocycles. The molecule has 1 rings (SSSR count). The molecule has 3 heteroatoms. The molecule has 1 aromatic heterocycles.